The number of ether oxygens (including phenoxy) is 2. The molecule has 0 saturated carbocycles. The lowest BCUT2D eigenvalue weighted by Crippen LogP contribution is -2.61. The largest absolute Gasteiger partial charge is 0.438 e. The molecule has 63 heavy (non-hydrogen) atoms. The first-order valence-electron chi connectivity index (χ1n) is 21.0. The standard InChI is InChI=1S/C42H59F2N6O12P/c1-10-34(52)47(9)29-16-18-49(21-29)37(55)33-14-12-28-15-17-48(25(2)51)22-32(36(54)50(28)33)46-35(53)31-20-26-19-27(11-13-30(26)45-31)42(43,44)63(58,61-23-59-38(56)40(3,4)5)62-24-60-39(57)41(6,7)8/h11,13,19-20,28-29,32-33,45H,10,12,14-18,21-24H2,1-9H3,(H,46,53)/t28-,29?,32+,33+/m1/s1. The van der Waals surface area contributed by atoms with Crippen molar-refractivity contribution in [3.63, 3.8) is 0 Å². The van der Waals surface area contributed by atoms with E-state index in [2.05, 4.69) is 10.3 Å². The van der Waals surface area contributed by atoms with Gasteiger partial charge in [-0.05, 0) is 85.4 Å². The van der Waals surface area contributed by atoms with Gasteiger partial charge in [-0.2, -0.15) is 8.78 Å². The molecule has 348 valence electrons. The zero-order valence-corrected chi connectivity index (χ0v) is 38.2. The summed E-state index contributed by atoms with van der Waals surface area (Å²) in [5.74, 6) is -3.66. The maximum Gasteiger partial charge on any atom is 0.410 e. The van der Waals surface area contributed by atoms with Gasteiger partial charge in [-0.15, -0.1) is 0 Å². The molecule has 1 aromatic heterocycles. The third kappa shape index (κ3) is 10.9. The van der Waals surface area contributed by atoms with Crippen LogP contribution in [0.25, 0.3) is 10.9 Å². The molecular weight excluding hydrogens is 849 g/mol. The van der Waals surface area contributed by atoms with Crippen molar-refractivity contribution in [2.75, 3.05) is 46.8 Å². The SMILES string of the molecule is CCC(=O)N(C)C1CCN(C(=O)[C@@H]2CC[C@@H]3CCN(C(C)=O)C[C@H](NC(=O)c4cc5cc(C(F)(F)P(=O)(OCOC(=O)C(C)(C)C)OCOC(=O)C(C)(C)C)ccc5[nH]4)C(=O)N32)C1. The number of hydrogen-bond donors (Lipinski definition) is 2. The second-order valence-corrected chi connectivity index (χ2v) is 20.3. The van der Waals surface area contributed by atoms with Crippen molar-refractivity contribution in [1.29, 1.82) is 0 Å². The fourth-order valence-electron chi connectivity index (χ4n) is 7.70. The van der Waals surface area contributed by atoms with E-state index in [1.165, 1.54) is 70.4 Å². The molecular formula is C42H59F2N6O12P. The van der Waals surface area contributed by atoms with Crippen molar-refractivity contribution >= 4 is 60.0 Å². The molecule has 2 aromatic rings. The summed E-state index contributed by atoms with van der Waals surface area (Å²) in [5, 5.41) is 2.75. The highest BCUT2D eigenvalue weighted by Crippen LogP contribution is 2.67. The van der Waals surface area contributed by atoms with Gasteiger partial charge in [0, 0.05) is 69.1 Å². The molecule has 0 aliphatic carbocycles. The maximum absolute atomic E-state index is 16.3. The number of aromatic nitrogens is 1. The predicted molar refractivity (Wildman–Crippen MR) is 223 cm³/mol. The van der Waals surface area contributed by atoms with Crippen LogP contribution in [-0.4, -0.2) is 137 Å². The summed E-state index contributed by atoms with van der Waals surface area (Å²) < 4.78 is 66.3. The molecule has 21 heteroatoms. The van der Waals surface area contributed by atoms with Crippen LogP contribution in [0.5, 0.6) is 0 Å². The van der Waals surface area contributed by atoms with E-state index >= 15 is 8.78 Å². The van der Waals surface area contributed by atoms with E-state index in [1.54, 1.807) is 23.8 Å². The van der Waals surface area contributed by atoms with Gasteiger partial charge in [-0.1, -0.05) is 13.0 Å². The molecule has 3 aliphatic heterocycles. The van der Waals surface area contributed by atoms with Gasteiger partial charge in [0.25, 0.3) is 5.91 Å². The van der Waals surface area contributed by atoms with Crippen LogP contribution in [0.4, 0.5) is 8.78 Å². The predicted octanol–water partition coefficient (Wildman–Crippen LogP) is 4.72. The number of alkyl halides is 2. The Balaban J connectivity index is 1.37. The smallest absolute Gasteiger partial charge is 0.410 e. The van der Waals surface area contributed by atoms with Crippen LogP contribution in [-0.2, 0) is 57.5 Å². The van der Waals surface area contributed by atoms with Crippen LogP contribution in [0, 0.1) is 10.8 Å². The van der Waals surface area contributed by atoms with Crippen molar-refractivity contribution in [1.82, 2.24) is 29.9 Å². The summed E-state index contributed by atoms with van der Waals surface area (Å²) in [6.07, 6.45) is 2.23. The first kappa shape index (κ1) is 49.1. The van der Waals surface area contributed by atoms with Crippen molar-refractivity contribution in [2.24, 2.45) is 10.8 Å². The third-order valence-electron chi connectivity index (χ3n) is 11.6. The van der Waals surface area contributed by atoms with Crippen molar-refractivity contribution < 1.29 is 65.4 Å². The number of H-pyrrole nitrogens is 1. The summed E-state index contributed by atoms with van der Waals surface area (Å²) in [4.78, 5) is 101. The molecule has 18 nitrogen and oxygen atoms in total. The van der Waals surface area contributed by atoms with Crippen molar-refractivity contribution in [3.05, 3.63) is 35.5 Å². The number of benzene rings is 1. The van der Waals surface area contributed by atoms with E-state index in [9.17, 15) is 38.1 Å². The van der Waals surface area contributed by atoms with Gasteiger partial charge in [0.15, 0.2) is 0 Å². The first-order chi connectivity index (χ1) is 29.3. The Morgan fingerprint density at radius 2 is 1.48 bits per heavy atom. The van der Waals surface area contributed by atoms with Crippen molar-refractivity contribution in [3.8, 4) is 0 Å². The van der Waals surface area contributed by atoms with Gasteiger partial charge >= 0.3 is 25.2 Å². The summed E-state index contributed by atoms with van der Waals surface area (Å²) >= 11 is 0. The van der Waals surface area contributed by atoms with Gasteiger partial charge < -0.3 is 39.4 Å². The molecule has 1 aromatic carbocycles. The lowest BCUT2D eigenvalue weighted by atomic mass is 9.98. The van der Waals surface area contributed by atoms with E-state index < -0.39 is 79.1 Å². The molecule has 5 amide bonds. The number of hydrogen-bond acceptors (Lipinski definition) is 12. The van der Waals surface area contributed by atoms with Gasteiger partial charge in [0.2, 0.25) is 37.2 Å². The number of carbonyl (C=O) groups excluding carboxylic acids is 7. The normalized spacial score (nSPS) is 21.1. The summed E-state index contributed by atoms with van der Waals surface area (Å²) in [6, 6.07) is 1.64. The minimum atomic E-state index is -5.64. The van der Waals surface area contributed by atoms with E-state index in [0.717, 1.165) is 12.1 Å². The average Bonchev–Trinajstić information content (AvgIpc) is 3.98. The molecule has 3 fully saturated rings. The number of halogens is 2. The van der Waals surface area contributed by atoms with Gasteiger partial charge in [0.1, 0.15) is 17.8 Å². The van der Waals surface area contributed by atoms with E-state index in [0.29, 0.717) is 45.2 Å². The second kappa shape index (κ2) is 19.0. The Morgan fingerprint density at radius 1 is 0.873 bits per heavy atom. The number of rotatable bonds is 13. The number of carbonyl (C=O) groups is 7. The summed E-state index contributed by atoms with van der Waals surface area (Å²) in [7, 11) is -3.93. The highest BCUT2D eigenvalue weighted by Gasteiger charge is 2.56. The van der Waals surface area contributed by atoms with Crippen LogP contribution < -0.4 is 5.32 Å². The Hall–Kier alpha value is -4.94. The number of nitrogens with zero attached hydrogens (tertiary/aromatic N) is 4. The second-order valence-electron chi connectivity index (χ2n) is 18.2. The number of esters is 2. The van der Waals surface area contributed by atoms with Crippen LogP contribution in [0.1, 0.15) is 104 Å². The van der Waals surface area contributed by atoms with Gasteiger partial charge in [0.05, 0.1) is 16.9 Å². The van der Waals surface area contributed by atoms with Crippen LogP contribution in [0.2, 0.25) is 0 Å². The van der Waals surface area contributed by atoms with Crippen LogP contribution in [0.15, 0.2) is 24.3 Å². The van der Waals surface area contributed by atoms with Crippen LogP contribution >= 0.6 is 7.60 Å². The molecule has 3 aliphatic rings. The lowest BCUT2D eigenvalue weighted by Gasteiger charge is -2.39. The number of nitrogens with one attached hydrogen (secondary N) is 2. The Bertz CT molecular complexity index is 2120. The minimum absolute atomic E-state index is 0.0356. The van der Waals surface area contributed by atoms with Crippen molar-refractivity contribution in [2.45, 2.75) is 117 Å². The third-order valence-corrected chi connectivity index (χ3v) is 13.4. The fourth-order valence-corrected chi connectivity index (χ4v) is 8.94. The molecule has 3 saturated heterocycles. The number of likely N-dealkylation sites (N-methyl/N-ethyl adjacent to an activating group) is 1. The molecule has 1 unspecified atom stereocenters. The van der Waals surface area contributed by atoms with E-state index in [1.807, 2.05) is 0 Å². The lowest BCUT2D eigenvalue weighted by molar-refractivity contribution is -0.163. The molecule has 2 N–H and O–H groups in total. The summed E-state index contributed by atoms with van der Waals surface area (Å²) in [6.45, 7) is 10.6. The molecule has 0 bridgehead atoms. The van der Waals surface area contributed by atoms with E-state index in [4.69, 9.17) is 18.5 Å². The Morgan fingerprint density at radius 3 is 2.05 bits per heavy atom. The highest BCUT2D eigenvalue weighted by atomic mass is 31.2. The van der Waals surface area contributed by atoms with E-state index in [-0.39, 0.29) is 59.5 Å². The monoisotopic (exact) mass is 908 g/mol. The molecule has 0 radical (unpaired) electrons. The maximum atomic E-state index is 16.3. The number of amides is 5. The molecule has 0 spiro atoms. The van der Waals surface area contributed by atoms with Gasteiger partial charge in [-0.25, -0.2) is 0 Å². The first-order valence-corrected chi connectivity index (χ1v) is 22.5. The number of likely N-dealkylation sites (tertiary alicyclic amines) is 1. The quantitative estimate of drug-likeness (QED) is 0.159. The summed E-state index contributed by atoms with van der Waals surface area (Å²) in [5.41, 5.74) is -7.36. The Labute approximate surface area is 365 Å². The van der Waals surface area contributed by atoms with Crippen LogP contribution in [0.3, 0.4) is 0 Å². The number of fused-ring (bicyclic) bond motifs is 2. The fraction of sp³-hybridized carbons (Fsp3) is 0.643. The number of aromatic amines is 1. The zero-order valence-electron chi connectivity index (χ0n) is 37.3. The topological polar surface area (TPSA) is 214 Å². The Kier molecular flexibility index (Phi) is 14.8. The zero-order chi connectivity index (χ0) is 46.8. The average molecular weight is 909 g/mol. The highest BCUT2D eigenvalue weighted by molar-refractivity contribution is 7.54. The molecule has 4 atom stereocenters. The minimum Gasteiger partial charge on any atom is -0.438 e. The molecule has 5 rings (SSSR count). The molecule has 4 heterocycles. The van der Waals surface area contributed by atoms with Gasteiger partial charge in [-0.3, -0.25) is 47.2 Å².